The minimum atomic E-state index is 0.105. The van der Waals surface area contributed by atoms with Crippen molar-refractivity contribution in [3.63, 3.8) is 0 Å². The second-order valence-corrected chi connectivity index (χ2v) is 8.68. The first-order valence-electron chi connectivity index (χ1n) is 10.7. The van der Waals surface area contributed by atoms with E-state index in [2.05, 4.69) is 11.8 Å². The summed E-state index contributed by atoms with van der Waals surface area (Å²) in [5.41, 5.74) is 1.05. The molecule has 0 radical (unpaired) electrons. The van der Waals surface area contributed by atoms with Crippen LogP contribution >= 0.6 is 0 Å². The van der Waals surface area contributed by atoms with E-state index in [0.717, 1.165) is 88.7 Å². The van der Waals surface area contributed by atoms with Crippen LogP contribution in [0, 0.1) is 5.92 Å². The molecule has 0 aliphatic carbocycles. The standard InChI is InChI=1S/C21H32N4O2/c1-16-6-11-24(12-7-16)21(27)15-23-10-8-17(14-23)18-13-20(26)25-9-4-2-3-5-19(25)22-18/h13,16-17H,2-12,14-15H2,1H3. The highest BCUT2D eigenvalue weighted by molar-refractivity contribution is 5.78. The van der Waals surface area contributed by atoms with Crippen LogP contribution in [0.5, 0.6) is 0 Å². The molecule has 4 heterocycles. The van der Waals surface area contributed by atoms with Crippen LogP contribution in [-0.4, -0.2) is 58.0 Å². The first kappa shape index (κ1) is 18.7. The number of nitrogens with zero attached hydrogens (tertiary/aromatic N) is 4. The lowest BCUT2D eigenvalue weighted by Gasteiger charge is -2.31. The Morgan fingerprint density at radius 2 is 1.93 bits per heavy atom. The molecule has 1 unspecified atom stereocenters. The van der Waals surface area contributed by atoms with Gasteiger partial charge in [0.2, 0.25) is 5.91 Å². The smallest absolute Gasteiger partial charge is 0.253 e. The van der Waals surface area contributed by atoms with Gasteiger partial charge in [-0.2, -0.15) is 0 Å². The van der Waals surface area contributed by atoms with Crippen LogP contribution in [0.2, 0.25) is 0 Å². The number of carbonyl (C=O) groups is 1. The number of carbonyl (C=O) groups excluding carboxylic acids is 1. The fourth-order valence-electron chi connectivity index (χ4n) is 4.71. The molecule has 1 aromatic rings. The summed E-state index contributed by atoms with van der Waals surface area (Å²) in [7, 11) is 0. The van der Waals surface area contributed by atoms with E-state index in [1.807, 2.05) is 9.47 Å². The summed E-state index contributed by atoms with van der Waals surface area (Å²) in [5, 5.41) is 0. The normalized spacial score (nSPS) is 24.6. The molecule has 6 nitrogen and oxygen atoms in total. The molecule has 27 heavy (non-hydrogen) atoms. The molecule has 1 aromatic heterocycles. The van der Waals surface area contributed by atoms with Crippen LogP contribution in [0.3, 0.4) is 0 Å². The zero-order chi connectivity index (χ0) is 18.8. The Morgan fingerprint density at radius 3 is 2.74 bits per heavy atom. The van der Waals surface area contributed by atoms with E-state index in [-0.39, 0.29) is 17.4 Å². The number of aryl methyl sites for hydroxylation is 1. The fraction of sp³-hybridized carbons (Fsp3) is 0.762. The summed E-state index contributed by atoms with van der Waals surface area (Å²) in [6.07, 6.45) is 7.51. The highest BCUT2D eigenvalue weighted by atomic mass is 16.2. The summed E-state index contributed by atoms with van der Waals surface area (Å²) in [6.45, 7) is 7.15. The minimum Gasteiger partial charge on any atom is -0.342 e. The molecule has 6 heteroatoms. The van der Waals surface area contributed by atoms with Crippen molar-refractivity contribution in [2.45, 2.75) is 64.3 Å². The SMILES string of the molecule is CC1CCN(C(=O)CN2CCC(c3cc(=O)n4c(n3)CCCCC4)C2)CC1. The maximum absolute atomic E-state index is 12.6. The van der Waals surface area contributed by atoms with Gasteiger partial charge >= 0.3 is 0 Å². The molecule has 0 spiro atoms. The van der Waals surface area contributed by atoms with Crippen LogP contribution in [0.4, 0.5) is 0 Å². The largest absolute Gasteiger partial charge is 0.342 e. The Hall–Kier alpha value is -1.69. The molecular weight excluding hydrogens is 340 g/mol. The molecule has 2 fully saturated rings. The Bertz CT molecular complexity index is 736. The highest BCUT2D eigenvalue weighted by Gasteiger charge is 2.29. The first-order chi connectivity index (χ1) is 13.1. The van der Waals surface area contributed by atoms with Crippen molar-refractivity contribution in [1.82, 2.24) is 19.4 Å². The third-order valence-electron chi connectivity index (χ3n) is 6.58. The average molecular weight is 373 g/mol. The van der Waals surface area contributed by atoms with Crippen molar-refractivity contribution in [2.24, 2.45) is 5.92 Å². The third-order valence-corrected chi connectivity index (χ3v) is 6.58. The summed E-state index contributed by atoms with van der Waals surface area (Å²) in [5.74, 6) is 2.24. The molecular formula is C21H32N4O2. The molecule has 0 aromatic carbocycles. The number of hydrogen-bond acceptors (Lipinski definition) is 4. The zero-order valence-corrected chi connectivity index (χ0v) is 16.5. The maximum Gasteiger partial charge on any atom is 0.253 e. The Labute approximate surface area is 161 Å². The van der Waals surface area contributed by atoms with Gasteiger partial charge in [0.1, 0.15) is 5.82 Å². The predicted molar refractivity (Wildman–Crippen MR) is 105 cm³/mol. The average Bonchev–Trinajstić information content (AvgIpc) is 2.98. The van der Waals surface area contributed by atoms with E-state index in [1.54, 1.807) is 6.07 Å². The third kappa shape index (κ3) is 4.26. The quantitative estimate of drug-likeness (QED) is 0.814. The van der Waals surface area contributed by atoms with Gasteiger partial charge in [-0.1, -0.05) is 13.3 Å². The van der Waals surface area contributed by atoms with E-state index < -0.39 is 0 Å². The second kappa shape index (κ2) is 8.13. The van der Waals surface area contributed by atoms with Crippen molar-refractivity contribution in [2.75, 3.05) is 32.7 Å². The molecule has 148 valence electrons. The van der Waals surface area contributed by atoms with Gasteiger partial charge in [-0.3, -0.25) is 19.1 Å². The predicted octanol–water partition coefficient (Wildman–Crippen LogP) is 2.02. The number of amides is 1. The van der Waals surface area contributed by atoms with Gasteiger partial charge in [-0.05, 0) is 44.6 Å². The lowest BCUT2D eigenvalue weighted by atomic mass is 9.99. The lowest BCUT2D eigenvalue weighted by Crippen LogP contribution is -2.43. The van der Waals surface area contributed by atoms with Crippen LogP contribution in [-0.2, 0) is 17.8 Å². The Morgan fingerprint density at radius 1 is 1.11 bits per heavy atom. The molecule has 0 saturated carbocycles. The molecule has 1 amide bonds. The maximum atomic E-state index is 12.6. The summed E-state index contributed by atoms with van der Waals surface area (Å²) in [4.78, 5) is 34.3. The van der Waals surface area contributed by atoms with E-state index in [9.17, 15) is 9.59 Å². The van der Waals surface area contributed by atoms with Crippen LogP contribution in [0.1, 0.15) is 62.9 Å². The summed E-state index contributed by atoms with van der Waals surface area (Å²) < 4.78 is 1.87. The van der Waals surface area contributed by atoms with Gasteiger partial charge < -0.3 is 4.90 Å². The summed E-state index contributed by atoms with van der Waals surface area (Å²) >= 11 is 0. The van der Waals surface area contributed by atoms with Crippen molar-refractivity contribution >= 4 is 5.91 Å². The van der Waals surface area contributed by atoms with E-state index in [4.69, 9.17) is 4.98 Å². The summed E-state index contributed by atoms with van der Waals surface area (Å²) in [6, 6.07) is 1.75. The van der Waals surface area contributed by atoms with Gasteiger partial charge in [0, 0.05) is 44.6 Å². The second-order valence-electron chi connectivity index (χ2n) is 8.68. The number of aromatic nitrogens is 2. The number of rotatable bonds is 3. The lowest BCUT2D eigenvalue weighted by molar-refractivity contribution is -0.133. The van der Waals surface area contributed by atoms with Gasteiger partial charge in [0.15, 0.2) is 0 Å². The Kier molecular flexibility index (Phi) is 5.62. The van der Waals surface area contributed by atoms with Crippen LogP contribution in [0.25, 0.3) is 0 Å². The number of likely N-dealkylation sites (tertiary alicyclic amines) is 2. The topological polar surface area (TPSA) is 58.4 Å². The number of hydrogen-bond donors (Lipinski definition) is 0. The molecule has 2 saturated heterocycles. The zero-order valence-electron chi connectivity index (χ0n) is 16.5. The molecule has 1 atom stereocenters. The minimum absolute atomic E-state index is 0.105. The van der Waals surface area contributed by atoms with E-state index >= 15 is 0 Å². The monoisotopic (exact) mass is 372 g/mol. The molecule has 3 aliphatic heterocycles. The van der Waals surface area contributed by atoms with Crippen molar-refractivity contribution in [3.8, 4) is 0 Å². The van der Waals surface area contributed by atoms with Gasteiger partial charge in [0.25, 0.3) is 5.56 Å². The molecule has 3 aliphatic rings. The Balaban J connectivity index is 1.38. The molecule has 0 N–H and O–H groups in total. The van der Waals surface area contributed by atoms with Gasteiger partial charge in [0.05, 0.1) is 12.2 Å². The highest BCUT2D eigenvalue weighted by Crippen LogP contribution is 2.26. The van der Waals surface area contributed by atoms with Crippen molar-refractivity contribution < 1.29 is 4.79 Å². The number of piperidine rings is 1. The first-order valence-corrected chi connectivity index (χ1v) is 10.7. The molecule has 4 rings (SSSR count). The van der Waals surface area contributed by atoms with Gasteiger partial charge in [-0.25, -0.2) is 4.98 Å². The van der Waals surface area contributed by atoms with Crippen LogP contribution < -0.4 is 5.56 Å². The van der Waals surface area contributed by atoms with Gasteiger partial charge in [-0.15, -0.1) is 0 Å². The van der Waals surface area contributed by atoms with E-state index in [0.29, 0.717) is 6.54 Å². The number of fused-ring (bicyclic) bond motifs is 1. The fourth-order valence-corrected chi connectivity index (χ4v) is 4.71. The van der Waals surface area contributed by atoms with Crippen molar-refractivity contribution in [3.05, 3.63) is 27.9 Å². The molecule has 0 bridgehead atoms. The van der Waals surface area contributed by atoms with Crippen LogP contribution in [0.15, 0.2) is 10.9 Å². The van der Waals surface area contributed by atoms with E-state index in [1.165, 1.54) is 6.42 Å². The van der Waals surface area contributed by atoms with Crippen molar-refractivity contribution in [1.29, 1.82) is 0 Å².